The molecule has 0 fully saturated rings. The van der Waals surface area contributed by atoms with Crippen molar-refractivity contribution >= 4 is 44.2 Å². The molecular weight excluding hydrogens is 397 g/mol. The molecule has 0 N–H and O–H groups in total. The van der Waals surface area contributed by atoms with Gasteiger partial charge in [-0.3, -0.25) is 9.69 Å². The first-order valence-electron chi connectivity index (χ1n) is 9.09. The Labute approximate surface area is 173 Å². The molecule has 0 aliphatic heterocycles. The Balaban J connectivity index is 1.88. The molecule has 0 bridgehead atoms. The molecule has 1 heterocycles. The standard InChI is InChI=1S/C21H23ClFN3OS/c1-14-11-16(22)13-18-20(14)24-21(28-18)26(10-4-9-25(2)3)19(27)12-15-5-7-17(23)8-6-15/h5-8,11,13H,4,9-10,12H2,1-3H3. The SMILES string of the molecule is Cc1cc(Cl)cc2sc(N(CCCN(C)C)C(=O)Cc3ccc(F)cc3)nc12. The average Bonchev–Trinajstić information content (AvgIpc) is 3.04. The van der Waals surface area contributed by atoms with E-state index >= 15 is 0 Å². The van der Waals surface area contributed by atoms with E-state index in [1.807, 2.05) is 33.2 Å². The van der Waals surface area contributed by atoms with Gasteiger partial charge in [0.1, 0.15) is 5.82 Å². The second-order valence-electron chi connectivity index (χ2n) is 7.07. The third-order valence-electron chi connectivity index (χ3n) is 4.43. The van der Waals surface area contributed by atoms with Crippen molar-refractivity contribution in [3.8, 4) is 0 Å². The summed E-state index contributed by atoms with van der Waals surface area (Å²) in [6, 6.07) is 9.81. The summed E-state index contributed by atoms with van der Waals surface area (Å²) in [4.78, 5) is 21.6. The van der Waals surface area contributed by atoms with E-state index in [9.17, 15) is 9.18 Å². The molecule has 0 saturated carbocycles. The molecule has 3 aromatic rings. The highest BCUT2D eigenvalue weighted by molar-refractivity contribution is 7.22. The van der Waals surface area contributed by atoms with Gasteiger partial charge in [0, 0.05) is 11.6 Å². The topological polar surface area (TPSA) is 36.4 Å². The lowest BCUT2D eigenvalue weighted by atomic mass is 10.1. The van der Waals surface area contributed by atoms with Gasteiger partial charge in [0.25, 0.3) is 0 Å². The number of aryl methyl sites for hydroxylation is 1. The number of halogens is 2. The number of benzene rings is 2. The Morgan fingerprint density at radius 3 is 2.57 bits per heavy atom. The molecule has 1 aromatic heterocycles. The van der Waals surface area contributed by atoms with Gasteiger partial charge in [0.15, 0.2) is 5.13 Å². The van der Waals surface area contributed by atoms with E-state index < -0.39 is 0 Å². The number of fused-ring (bicyclic) bond motifs is 1. The zero-order chi connectivity index (χ0) is 20.3. The second-order valence-corrected chi connectivity index (χ2v) is 8.52. The Hall–Kier alpha value is -2.02. The molecule has 0 unspecified atom stereocenters. The Bertz CT molecular complexity index is 972. The summed E-state index contributed by atoms with van der Waals surface area (Å²) in [5, 5.41) is 1.34. The van der Waals surface area contributed by atoms with E-state index in [-0.39, 0.29) is 18.1 Å². The number of hydrogen-bond donors (Lipinski definition) is 0. The fourth-order valence-corrected chi connectivity index (χ4v) is 4.47. The highest BCUT2D eigenvalue weighted by Gasteiger charge is 2.20. The number of aromatic nitrogens is 1. The number of nitrogens with zero attached hydrogens (tertiary/aromatic N) is 3. The molecule has 0 saturated heterocycles. The highest BCUT2D eigenvalue weighted by Crippen LogP contribution is 2.33. The molecule has 0 aliphatic rings. The summed E-state index contributed by atoms with van der Waals surface area (Å²) in [6.45, 7) is 3.41. The van der Waals surface area contributed by atoms with Crippen LogP contribution in [0.5, 0.6) is 0 Å². The number of thiazole rings is 1. The van der Waals surface area contributed by atoms with Crippen LogP contribution in [0.25, 0.3) is 10.2 Å². The summed E-state index contributed by atoms with van der Waals surface area (Å²) in [6.07, 6.45) is 1.04. The molecule has 2 aromatic carbocycles. The minimum absolute atomic E-state index is 0.0480. The van der Waals surface area contributed by atoms with Crippen molar-refractivity contribution in [3.63, 3.8) is 0 Å². The Kier molecular flexibility index (Phi) is 6.65. The van der Waals surface area contributed by atoms with Crippen molar-refractivity contribution in [2.75, 3.05) is 32.1 Å². The van der Waals surface area contributed by atoms with Crippen LogP contribution < -0.4 is 4.90 Å². The van der Waals surface area contributed by atoms with Crippen LogP contribution in [0.3, 0.4) is 0 Å². The largest absolute Gasteiger partial charge is 0.309 e. The van der Waals surface area contributed by atoms with Gasteiger partial charge >= 0.3 is 0 Å². The smallest absolute Gasteiger partial charge is 0.233 e. The molecule has 0 aliphatic carbocycles. The van der Waals surface area contributed by atoms with Crippen molar-refractivity contribution in [1.29, 1.82) is 0 Å². The van der Waals surface area contributed by atoms with E-state index in [0.29, 0.717) is 16.7 Å². The maximum atomic E-state index is 13.2. The number of amides is 1. The van der Waals surface area contributed by atoms with Gasteiger partial charge in [-0.05, 0) is 69.4 Å². The zero-order valence-electron chi connectivity index (χ0n) is 16.2. The van der Waals surface area contributed by atoms with Crippen LogP contribution in [0, 0.1) is 12.7 Å². The number of hydrogen-bond acceptors (Lipinski definition) is 4. The molecular formula is C21H23ClFN3OS. The Morgan fingerprint density at radius 2 is 1.89 bits per heavy atom. The van der Waals surface area contributed by atoms with Crippen molar-refractivity contribution in [2.45, 2.75) is 19.8 Å². The van der Waals surface area contributed by atoms with Crippen LogP contribution in [0.4, 0.5) is 9.52 Å². The van der Waals surface area contributed by atoms with Gasteiger partial charge < -0.3 is 4.90 Å². The Morgan fingerprint density at radius 1 is 1.18 bits per heavy atom. The number of carbonyl (C=O) groups is 1. The maximum absolute atomic E-state index is 13.2. The van der Waals surface area contributed by atoms with Crippen molar-refractivity contribution in [2.24, 2.45) is 0 Å². The second kappa shape index (κ2) is 8.99. The molecule has 0 atom stereocenters. The number of carbonyl (C=O) groups excluding carboxylic acids is 1. The van der Waals surface area contributed by atoms with Crippen molar-refractivity contribution in [3.05, 3.63) is 58.4 Å². The normalized spacial score (nSPS) is 11.4. The van der Waals surface area contributed by atoms with E-state index in [0.717, 1.165) is 34.3 Å². The van der Waals surface area contributed by atoms with E-state index in [1.54, 1.807) is 17.0 Å². The summed E-state index contributed by atoms with van der Waals surface area (Å²) in [5.41, 5.74) is 2.64. The lowest BCUT2D eigenvalue weighted by molar-refractivity contribution is -0.118. The number of anilines is 1. The minimum Gasteiger partial charge on any atom is -0.309 e. The predicted octanol–water partition coefficient (Wildman–Crippen LogP) is 4.92. The van der Waals surface area contributed by atoms with Crippen LogP contribution in [-0.4, -0.2) is 43.0 Å². The summed E-state index contributed by atoms with van der Waals surface area (Å²) >= 11 is 7.65. The summed E-state index contributed by atoms with van der Waals surface area (Å²) in [7, 11) is 4.02. The molecule has 0 radical (unpaired) electrons. The molecule has 1 amide bonds. The molecule has 28 heavy (non-hydrogen) atoms. The zero-order valence-corrected chi connectivity index (χ0v) is 17.8. The molecule has 4 nitrogen and oxygen atoms in total. The number of rotatable bonds is 7. The van der Waals surface area contributed by atoms with Crippen LogP contribution in [0.2, 0.25) is 5.02 Å². The highest BCUT2D eigenvalue weighted by atomic mass is 35.5. The first-order valence-corrected chi connectivity index (χ1v) is 10.3. The first kappa shape index (κ1) is 20.7. The first-order chi connectivity index (χ1) is 13.3. The van der Waals surface area contributed by atoms with Crippen LogP contribution in [-0.2, 0) is 11.2 Å². The quantitative estimate of drug-likeness (QED) is 0.545. The van der Waals surface area contributed by atoms with Crippen molar-refractivity contribution < 1.29 is 9.18 Å². The van der Waals surface area contributed by atoms with Crippen molar-refractivity contribution in [1.82, 2.24) is 9.88 Å². The lowest BCUT2D eigenvalue weighted by Crippen LogP contribution is -2.34. The molecule has 0 spiro atoms. The third-order valence-corrected chi connectivity index (χ3v) is 5.67. The van der Waals surface area contributed by atoms with E-state index in [1.165, 1.54) is 23.5 Å². The van der Waals surface area contributed by atoms with E-state index in [2.05, 4.69) is 4.90 Å². The fraction of sp³-hybridized carbons (Fsp3) is 0.333. The molecule has 7 heteroatoms. The minimum atomic E-state index is -0.308. The summed E-state index contributed by atoms with van der Waals surface area (Å²) in [5.74, 6) is -0.356. The van der Waals surface area contributed by atoms with Crippen LogP contribution in [0.1, 0.15) is 17.5 Å². The maximum Gasteiger partial charge on any atom is 0.233 e. The van der Waals surface area contributed by atoms with E-state index in [4.69, 9.17) is 16.6 Å². The molecule has 148 valence electrons. The third kappa shape index (κ3) is 5.07. The van der Waals surface area contributed by atoms with Gasteiger partial charge in [-0.2, -0.15) is 0 Å². The lowest BCUT2D eigenvalue weighted by Gasteiger charge is -2.21. The fourth-order valence-electron chi connectivity index (χ4n) is 3.00. The van der Waals surface area contributed by atoms with Crippen LogP contribution in [0.15, 0.2) is 36.4 Å². The van der Waals surface area contributed by atoms with Gasteiger partial charge in [-0.15, -0.1) is 0 Å². The molecule has 3 rings (SSSR count). The monoisotopic (exact) mass is 419 g/mol. The summed E-state index contributed by atoms with van der Waals surface area (Å²) < 4.78 is 14.1. The van der Waals surface area contributed by atoms with Crippen LogP contribution >= 0.6 is 22.9 Å². The van der Waals surface area contributed by atoms with Gasteiger partial charge in [0.05, 0.1) is 16.6 Å². The van der Waals surface area contributed by atoms with Gasteiger partial charge in [-0.25, -0.2) is 9.37 Å². The average molecular weight is 420 g/mol. The van der Waals surface area contributed by atoms with Gasteiger partial charge in [-0.1, -0.05) is 35.1 Å². The van der Waals surface area contributed by atoms with Gasteiger partial charge in [0.2, 0.25) is 5.91 Å². The predicted molar refractivity (Wildman–Crippen MR) is 115 cm³/mol.